The van der Waals surface area contributed by atoms with E-state index in [2.05, 4.69) is 29.4 Å². The standard InChI is InChI=1S/C16H33N3O2/c1-5-14-12-19(10-8-15(14)17-6-2)13(3)16(20)18-9-7-11-21-4/h13-15,17H,5-12H2,1-4H3,(H,18,20). The van der Waals surface area contributed by atoms with Gasteiger partial charge < -0.3 is 15.4 Å². The van der Waals surface area contributed by atoms with Gasteiger partial charge in [0.2, 0.25) is 5.91 Å². The zero-order valence-electron chi connectivity index (χ0n) is 14.2. The molecule has 0 aromatic rings. The molecule has 3 unspecified atom stereocenters. The summed E-state index contributed by atoms with van der Waals surface area (Å²) in [7, 11) is 1.68. The molecule has 1 rings (SSSR count). The highest BCUT2D eigenvalue weighted by molar-refractivity contribution is 5.81. The summed E-state index contributed by atoms with van der Waals surface area (Å²) in [6.45, 7) is 10.9. The molecule has 124 valence electrons. The number of methoxy groups -OCH3 is 1. The summed E-state index contributed by atoms with van der Waals surface area (Å²) in [5.41, 5.74) is 0. The van der Waals surface area contributed by atoms with E-state index in [9.17, 15) is 4.79 Å². The molecule has 1 amide bonds. The smallest absolute Gasteiger partial charge is 0.237 e. The minimum Gasteiger partial charge on any atom is -0.385 e. The molecule has 2 N–H and O–H groups in total. The number of hydrogen-bond acceptors (Lipinski definition) is 4. The predicted molar refractivity (Wildman–Crippen MR) is 86.4 cm³/mol. The summed E-state index contributed by atoms with van der Waals surface area (Å²) >= 11 is 0. The van der Waals surface area contributed by atoms with Gasteiger partial charge in [-0.15, -0.1) is 0 Å². The Morgan fingerprint density at radius 2 is 2.19 bits per heavy atom. The minimum absolute atomic E-state index is 0.0378. The van der Waals surface area contributed by atoms with Crippen LogP contribution in [-0.2, 0) is 9.53 Å². The van der Waals surface area contributed by atoms with E-state index in [1.165, 1.54) is 0 Å². The SMILES string of the molecule is CCNC1CCN(C(C)C(=O)NCCCOC)CC1CC. The lowest BCUT2D eigenvalue weighted by Crippen LogP contribution is -2.55. The number of ether oxygens (including phenoxy) is 1. The number of nitrogens with one attached hydrogen (secondary N) is 2. The number of nitrogens with zero attached hydrogens (tertiary/aromatic N) is 1. The van der Waals surface area contributed by atoms with Crippen molar-refractivity contribution in [3.63, 3.8) is 0 Å². The Hall–Kier alpha value is -0.650. The van der Waals surface area contributed by atoms with Crippen LogP contribution in [0.2, 0.25) is 0 Å². The van der Waals surface area contributed by atoms with Crippen LogP contribution in [0.1, 0.15) is 40.0 Å². The summed E-state index contributed by atoms with van der Waals surface area (Å²) in [5, 5.41) is 6.59. The highest BCUT2D eigenvalue weighted by Gasteiger charge is 2.31. The molecule has 0 bridgehead atoms. The molecule has 0 aromatic heterocycles. The zero-order chi connectivity index (χ0) is 15.7. The molecule has 0 spiro atoms. The van der Waals surface area contributed by atoms with Crippen LogP contribution in [0.15, 0.2) is 0 Å². The van der Waals surface area contributed by atoms with Crippen molar-refractivity contribution in [2.75, 3.05) is 39.9 Å². The fourth-order valence-corrected chi connectivity index (χ4v) is 3.10. The Kier molecular flexibility index (Phi) is 8.88. The van der Waals surface area contributed by atoms with Crippen LogP contribution < -0.4 is 10.6 Å². The van der Waals surface area contributed by atoms with Crippen LogP contribution in [0.25, 0.3) is 0 Å². The maximum Gasteiger partial charge on any atom is 0.237 e. The van der Waals surface area contributed by atoms with Crippen LogP contribution in [0.4, 0.5) is 0 Å². The molecule has 0 radical (unpaired) electrons. The molecule has 21 heavy (non-hydrogen) atoms. The summed E-state index contributed by atoms with van der Waals surface area (Å²) in [6, 6.07) is 0.567. The third-order valence-electron chi connectivity index (χ3n) is 4.51. The quantitative estimate of drug-likeness (QED) is 0.629. The maximum absolute atomic E-state index is 12.2. The van der Waals surface area contributed by atoms with Crippen LogP contribution in [0, 0.1) is 5.92 Å². The molecule has 1 aliphatic rings. The lowest BCUT2D eigenvalue weighted by atomic mass is 9.89. The minimum atomic E-state index is -0.0378. The van der Waals surface area contributed by atoms with Crippen LogP contribution in [0.5, 0.6) is 0 Å². The lowest BCUT2D eigenvalue weighted by molar-refractivity contribution is -0.126. The predicted octanol–water partition coefficient (Wildman–Crippen LogP) is 1.24. The van der Waals surface area contributed by atoms with E-state index in [4.69, 9.17) is 4.74 Å². The average Bonchev–Trinajstić information content (AvgIpc) is 2.51. The third-order valence-corrected chi connectivity index (χ3v) is 4.51. The first-order valence-corrected chi connectivity index (χ1v) is 8.38. The normalized spacial score (nSPS) is 24.8. The molecule has 1 aliphatic heterocycles. The average molecular weight is 299 g/mol. The number of hydrogen-bond donors (Lipinski definition) is 2. The molecule has 1 fully saturated rings. The number of piperidine rings is 1. The molecule has 0 aliphatic carbocycles. The number of carbonyl (C=O) groups is 1. The largest absolute Gasteiger partial charge is 0.385 e. The maximum atomic E-state index is 12.2. The van der Waals surface area contributed by atoms with Crippen molar-refractivity contribution in [1.82, 2.24) is 15.5 Å². The second-order valence-corrected chi connectivity index (χ2v) is 5.93. The van der Waals surface area contributed by atoms with Crippen molar-refractivity contribution >= 4 is 5.91 Å². The Balaban J connectivity index is 2.40. The van der Waals surface area contributed by atoms with Crippen molar-refractivity contribution in [1.29, 1.82) is 0 Å². The van der Waals surface area contributed by atoms with E-state index in [1.54, 1.807) is 7.11 Å². The van der Waals surface area contributed by atoms with Crippen molar-refractivity contribution in [3.05, 3.63) is 0 Å². The van der Waals surface area contributed by atoms with Gasteiger partial charge in [-0.2, -0.15) is 0 Å². The van der Waals surface area contributed by atoms with Crippen molar-refractivity contribution < 1.29 is 9.53 Å². The van der Waals surface area contributed by atoms with E-state index in [0.29, 0.717) is 25.1 Å². The van der Waals surface area contributed by atoms with Gasteiger partial charge in [-0.25, -0.2) is 0 Å². The Morgan fingerprint density at radius 3 is 2.81 bits per heavy atom. The Labute approximate surface area is 129 Å². The second kappa shape index (κ2) is 10.1. The van der Waals surface area contributed by atoms with Crippen molar-refractivity contribution in [2.45, 2.75) is 52.1 Å². The van der Waals surface area contributed by atoms with Gasteiger partial charge in [-0.3, -0.25) is 9.69 Å². The molecule has 3 atom stereocenters. The first-order chi connectivity index (χ1) is 10.1. The molecule has 0 aromatic carbocycles. The highest BCUT2D eigenvalue weighted by Crippen LogP contribution is 2.21. The van der Waals surface area contributed by atoms with Gasteiger partial charge in [0.1, 0.15) is 0 Å². The third kappa shape index (κ3) is 5.93. The highest BCUT2D eigenvalue weighted by atomic mass is 16.5. The Morgan fingerprint density at radius 1 is 1.43 bits per heavy atom. The van der Waals surface area contributed by atoms with E-state index in [0.717, 1.165) is 38.9 Å². The number of rotatable bonds is 9. The van der Waals surface area contributed by atoms with Gasteiger partial charge in [0.25, 0.3) is 0 Å². The molecular weight excluding hydrogens is 266 g/mol. The van der Waals surface area contributed by atoms with Crippen LogP contribution in [-0.4, -0.2) is 62.8 Å². The van der Waals surface area contributed by atoms with Crippen LogP contribution >= 0.6 is 0 Å². The van der Waals surface area contributed by atoms with Crippen molar-refractivity contribution in [3.8, 4) is 0 Å². The van der Waals surface area contributed by atoms with Crippen molar-refractivity contribution in [2.24, 2.45) is 5.92 Å². The topological polar surface area (TPSA) is 53.6 Å². The van der Waals surface area contributed by atoms with E-state index in [-0.39, 0.29) is 11.9 Å². The number of likely N-dealkylation sites (tertiary alicyclic amines) is 1. The molecule has 0 saturated carbocycles. The number of amides is 1. The van der Waals surface area contributed by atoms with E-state index < -0.39 is 0 Å². The molecule has 5 heteroatoms. The molecule has 1 saturated heterocycles. The monoisotopic (exact) mass is 299 g/mol. The van der Waals surface area contributed by atoms with Gasteiger partial charge in [-0.1, -0.05) is 20.3 Å². The summed E-state index contributed by atoms with van der Waals surface area (Å²) in [5.74, 6) is 0.783. The van der Waals surface area contributed by atoms with Gasteiger partial charge in [-0.05, 0) is 32.2 Å². The van der Waals surface area contributed by atoms with Gasteiger partial charge in [0.05, 0.1) is 6.04 Å². The van der Waals surface area contributed by atoms with E-state index >= 15 is 0 Å². The van der Waals surface area contributed by atoms with Gasteiger partial charge >= 0.3 is 0 Å². The Bertz CT molecular complexity index is 299. The summed E-state index contributed by atoms with van der Waals surface area (Å²) < 4.78 is 5.00. The molecule has 1 heterocycles. The first-order valence-electron chi connectivity index (χ1n) is 8.38. The fourth-order valence-electron chi connectivity index (χ4n) is 3.10. The van der Waals surface area contributed by atoms with Gasteiger partial charge in [0, 0.05) is 39.4 Å². The molecule has 5 nitrogen and oxygen atoms in total. The van der Waals surface area contributed by atoms with Gasteiger partial charge in [0.15, 0.2) is 0 Å². The summed E-state index contributed by atoms with van der Waals surface area (Å²) in [4.78, 5) is 14.5. The number of carbonyl (C=O) groups excluding carboxylic acids is 1. The lowest BCUT2D eigenvalue weighted by Gasteiger charge is -2.41. The molecular formula is C16H33N3O2. The fraction of sp³-hybridized carbons (Fsp3) is 0.938. The summed E-state index contributed by atoms with van der Waals surface area (Å²) in [6.07, 6.45) is 3.17. The first kappa shape index (κ1) is 18.4. The zero-order valence-corrected chi connectivity index (χ0v) is 14.2. The second-order valence-electron chi connectivity index (χ2n) is 5.93. The van der Waals surface area contributed by atoms with Crippen LogP contribution in [0.3, 0.4) is 0 Å². The van der Waals surface area contributed by atoms with E-state index in [1.807, 2.05) is 6.92 Å².